The van der Waals surface area contributed by atoms with Crippen LogP contribution in [0.2, 0.25) is 0 Å². The fourth-order valence-corrected chi connectivity index (χ4v) is 2.92. The molecule has 3 aromatic rings. The SMILES string of the molecule is CCN(CC)CCNc1nc(Nc2cccc(C)c2)c2cnn(C)c2n1. The predicted octanol–water partition coefficient (Wildman–Crippen LogP) is 3.17. The molecular formula is C19H27N7. The Balaban J connectivity index is 1.84. The van der Waals surface area contributed by atoms with Gasteiger partial charge in [0, 0.05) is 25.8 Å². The second-order valence-electron chi connectivity index (χ2n) is 6.35. The number of benzene rings is 1. The summed E-state index contributed by atoms with van der Waals surface area (Å²) in [4.78, 5) is 11.7. The van der Waals surface area contributed by atoms with Gasteiger partial charge in [0.15, 0.2) is 5.65 Å². The molecule has 0 saturated carbocycles. The molecule has 0 unspecified atom stereocenters. The number of hydrogen-bond acceptors (Lipinski definition) is 6. The number of likely N-dealkylation sites (N-methyl/N-ethyl adjacent to an activating group) is 1. The van der Waals surface area contributed by atoms with Gasteiger partial charge in [-0.05, 0) is 37.7 Å². The van der Waals surface area contributed by atoms with Gasteiger partial charge in [-0.25, -0.2) is 0 Å². The molecular weight excluding hydrogens is 326 g/mol. The summed E-state index contributed by atoms with van der Waals surface area (Å²) in [6.07, 6.45) is 1.80. The minimum Gasteiger partial charge on any atom is -0.353 e. The van der Waals surface area contributed by atoms with Gasteiger partial charge in [0.05, 0.1) is 11.6 Å². The van der Waals surface area contributed by atoms with Crippen LogP contribution in [0.15, 0.2) is 30.5 Å². The summed E-state index contributed by atoms with van der Waals surface area (Å²) in [6, 6.07) is 8.23. The summed E-state index contributed by atoms with van der Waals surface area (Å²) >= 11 is 0. The van der Waals surface area contributed by atoms with E-state index in [1.165, 1.54) is 5.56 Å². The third-order valence-corrected chi connectivity index (χ3v) is 4.48. The van der Waals surface area contributed by atoms with Crippen LogP contribution in [0.5, 0.6) is 0 Å². The molecule has 7 nitrogen and oxygen atoms in total. The Labute approximate surface area is 154 Å². The van der Waals surface area contributed by atoms with Crippen LogP contribution in [0.3, 0.4) is 0 Å². The molecule has 2 N–H and O–H groups in total. The van der Waals surface area contributed by atoms with Crippen molar-refractivity contribution in [2.45, 2.75) is 20.8 Å². The maximum Gasteiger partial charge on any atom is 0.226 e. The van der Waals surface area contributed by atoms with E-state index < -0.39 is 0 Å². The Hall–Kier alpha value is -2.67. The first-order valence-electron chi connectivity index (χ1n) is 9.10. The summed E-state index contributed by atoms with van der Waals surface area (Å²) in [7, 11) is 1.89. The predicted molar refractivity (Wildman–Crippen MR) is 107 cm³/mol. The highest BCUT2D eigenvalue weighted by Crippen LogP contribution is 2.25. The van der Waals surface area contributed by atoms with Crippen molar-refractivity contribution < 1.29 is 0 Å². The molecule has 0 aliphatic rings. The second-order valence-corrected chi connectivity index (χ2v) is 6.35. The second kappa shape index (κ2) is 8.14. The van der Waals surface area contributed by atoms with E-state index in [1.54, 1.807) is 10.9 Å². The highest BCUT2D eigenvalue weighted by atomic mass is 15.3. The molecule has 138 valence electrons. The van der Waals surface area contributed by atoms with Gasteiger partial charge in [-0.3, -0.25) is 4.68 Å². The molecule has 1 aromatic carbocycles. The molecule has 0 aliphatic heterocycles. The molecule has 0 saturated heterocycles. The van der Waals surface area contributed by atoms with Crippen LogP contribution in [0.1, 0.15) is 19.4 Å². The molecule has 0 spiro atoms. The van der Waals surface area contributed by atoms with E-state index in [0.717, 1.165) is 48.7 Å². The number of rotatable bonds is 8. The molecule has 26 heavy (non-hydrogen) atoms. The zero-order valence-corrected chi connectivity index (χ0v) is 16.0. The van der Waals surface area contributed by atoms with Crippen molar-refractivity contribution in [2.75, 3.05) is 36.8 Å². The van der Waals surface area contributed by atoms with E-state index >= 15 is 0 Å². The zero-order chi connectivity index (χ0) is 18.5. The Kier molecular flexibility index (Phi) is 5.68. The van der Waals surface area contributed by atoms with Crippen LogP contribution in [-0.2, 0) is 7.05 Å². The average Bonchev–Trinajstić information content (AvgIpc) is 3.00. The van der Waals surface area contributed by atoms with Gasteiger partial charge in [-0.2, -0.15) is 15.1 Å². The van der Waals surface area contributed by atoms with Crippen molar-refractivity contribution >= 4 is 28.5 Å². The molecule has 0 aliphatic carbocycles. The first-order chi connectivity index (χ1) is 12.6. The first-order valence-corrected chi connectivity index (χ1v) is 9.10. The monoisotopic (exact) mass is 353 g/mol. The van der Waals surface area contributed by atoms with Crippen molar-refractivity contribution in [3.05, 3.63) is 36.0 Å². The van der Waals surface area contributed by atoms with Gasteiger partial charge in [0.25, 0.3) is 0 Å². The average molecular weight is 353 g/mol. The summed E-state index contributed by atoms with van der Waals surface area (Å²) in [6.45, 7) is 10.3. The van der Waals surface area contributed by atoms with Gasteiger partial charge >= 0.3 is 0 Å². The Morgan fingerprint density at radius 3 is 2.69 bits per heavy atom. The van der Waals surface area contributed by atoms with Crippen molar-refractivity contribution in [3.63, 3.8) is 0 Å². The standard InChI is InChI=1S/C19H27N7/c1-5-26(6-2)11-10-20-19-23-17(16-13-21-25(4)18(16)24-19)22-15-9-7-8-14(3)12-15/h7-9,12-13H,5-6,10-11H2,1-4H3,(H2,20,22,23,24). The molecule has 0 atom stereocenters. The van der Waals surface area contributed by atoms with Crippen LogP contribution in [0.25, 0.3) is 11.0 Å². The van der Waals surface area contributed by atoms with E-state index in [-0.39, 0.29) is 0 Å². The topological polar surface area (TPSA) is 70.9 Å². The number of hydrogen-bond donors (Lipinski definition) is 2. The van der Waals surface area contributed by atoms with Crippen LogP contribution >= 0.6 is 0 Å². The fraction of sp³-hybridized carbons (Fsp3) is 0.421. The lowest BCUT2D eigenvalue weighted by molar-refractivity contribution is 0.316. The van der Waals surface area contributed by atoms with Crippen molar-refractivity contribution in [1.82, 2.24) is 24.6 Å². The molecule has 0 amide bonds. The van der Waals surface area contributed by atoms with Crippen LogP contribution in [0, 0.1) is 6.92 Å². The number of aryl methyl sites for hydroxylation is 2. The molecule has 7 heteroatoms. The summed E-state index contributed by atoms with van der Waals surface area (Å²) in [5.41, 5.74) is 3.01. The van der Waals surface area contributed by atoms with Crippen molar-refractivity contribution in [2.24, 2.45) is 7.05 Å². The number of nitrogens with zero attached hydrogens (tertiary/aromatic N) is 5. The molecule has 0 bridgehead atoms. The fourth-order valence-electron chi connectivity index (χ4n) is 2.92. The number of aromatic nitrogens is 4. The summed E-state index contributed by atoms with van der Waals surface area (Å²) in [5, 5.41) is 12.0. The van der Waals surface area contributed by atoms with Crippen LogP contribution < -0.4 is 10.6 Å². The maximum atomic E-state index is 4.68. The third-order valence-electron chi connectivity index (χ3n) is 4.48. The molecule has 2 aromatic heterocycles. The van der Waals surface area contributed by atoms with Gasteiger partial charge in [0.1, 0.15) is 5.82 Å². The molecule has 3 rings (SSSR count). The largest absolute Gasteiger partial charge is 0.353 e. The first kappa shape index (κ1) is 18.1. The van der Waals surface area contributed by atoms with E-state index in [9.17, 15) is 0 Å². The lowest BCUT2D eigenvalue weighted by Gasteiger charge is -2.18. The highest BCUT2D eigenvalue weighted by Gasteiger charge is 2.12. The van der Waals surface area contributed by atoms with Crippen molar-refractivity contribution in [1.29, 1.82) is 0 Å². The Morgan fingerprint density at radius 1 is 1.15 bits per heavy atom. The van der Waals surface area contributed by atoms with Gasteiger partial charge in [0.2, 0.25) is 5.95 Å². The van der Waals surface area contributed by atoms with E-state index in [2.05, 4.69) is 63.5 Å². The van der Waals surface area contributed by atoms with E-state index in [1.807, 2.05) is 19.2 Å². The lowest BCUT2D eigenvalue weighted by Crippen LogP contribution is -2.29. The number of nitrogens with one attached hydrogen (secondary N) is 2. The summed E-state index contributed by atoms with van der Waals surface area (Å²) in [5.74, 6) is 1.38. The van der Waals surface area contributed by atoms with E-state index in [4.69, 9.17) is 0 Å². The minimum absolute atomic E-state index is 0.614. The lowest BCUT2D eigenvalue weighted by atomic mass is 10.2. The molecule has 0 fully saturated rings. The van der Waals surface area contributed by atoms with E-state index in [0.29, 0.717) is 5.95 Å². The Morgan fingerprint density at radius 2 is 1.96 bits per heavy atom. The number of anilines is 3. The smallest absolute Gasteiger partial charge is 0.226 e. The van der Waals surface area contributed by atoms with Crippen LogP contribution in [-0.4, -0.2) is 50.8 Å². The maximum absolute atomic E-state index is 4.68. The zero-order valence-electron chi connectivity index (χ0n) is 16.0. The van der Waals surface area contributed by atoms with Crippen LogP contribution in [0.4, 0.5) is 17.5 Å². The summed E-state index contributed by atoms with van der Waals surface area (Å²) < 4.78 is 1.77. The van der Waals surface area contributed by atoms with Gasteiger partial charge < -0.3 is 15.5 Å². The minimum atomic E-state index is 0.614. The third kappa shape index (κ3) is 4.11. The van der Waals surface area contributed by atoms with Gasteiger partial charge in [-0.15, -0.1) is 0 Å². The normalized spacial score (nSPS) is 11.3. The number of fused-ring (bicyclic) bond motifs is 1. The van der Waals surface area contributed by atoms with Crippen molar-refractivity contribution in [3.8, 4) is 0 Å². The van der Waals surface area contributed by atoms with Gasteiger partial charge in [-0.1, -0.05) is 26.0 Å². The molecule has 2 heterocycles. The molecule has 0 radical (unpaired) electrons. The quantitative estimate of drug-likeness (QED) is 0.648. The highest BCUT2D eigenvalue weighted by molar-refractivity contribution is 5.89. The Bertz CT molecular complexity index is 867.